The van der Waals surface area contributed by atoms with E-state index in [9.17, 15) is 0 Å². The minimum Gasteiger partial charge on any atom is -0.324 e. The topological polar surface area (TPSA) is 29.3 Å². The molecule has 1 heterocycles. The third-order valence-electron chi connectivity index (χ3n) is 3.10. The second-order valence-corrected chi connectivity index (χ2v) is 4.02. The molecule has 0 amide bonds. The number of rotatable bonds is 0. The highest BCUT2D eigenvalue weighted by Crippen LogP contribution is 2.38. The average molecular weight is 140 g/mol. The van der Waals surface area contributed by atoms with Crippen molar-refractivity contribution in [2.24, 2.45) is 11.7 Å². The van der Waals surface area contributed by atoms with Crippen LogP contribution in [0.5, 0.6) is 0 Å². The monoisotopic (exact) mass is 140 g/mol. The Labute approximate surface area is 62.4 Å². The summed E-state index contributed by atoms with van der Waals surface area (Å²) < 4.78 is 0. The van der Waals surface area contributed by atoms with Crippen LogP contribution in [0, 0.1) is 5.92 Å². The van der Waals surface area contributed by atoms with E-state index in [0.717, 1.165) is 12.5 Å². The molecule has 1 saturated heterocycles. The van der Waals surface area contributed by atoms with E-state index < -0.39 is 0 Å². The Morgan fingerprint density at radius 2 is 2.40 bits per heavy atom. The summed E-state index contributed by atoms with van der Waals surface area (Å²) in [5, 5.41) is 0. The van der Waals surface area contributed by atoms with Crippen molar-refractivity contribution < 1.29 is 0 Å². The fourth-order valence-electron chi connectivity index (χ4n) is 2.59. The number of likely N-dealkylation sites (N-methyl/N-ethyl adjacent to an activating group) is 1. The lowest BCUT2D eigenvalue weighted by atomic mass is 9.92. The van der Waals surface area contributed by atoms with Crippen molar-refractivity contribution in [2.75, 3.05) is 20.1 Å². The van der Waals surface area contributed by atoms with Gasteiger partial charge in [0, 0.05) is 18.6 Å². The second-order valence-electron chi connectivity index (χ2n) is 4.02. The number of nitrogens with two attached hydrogens (primary N) is 1. The molecule has 0 aromatic heterocycles. The van der Waals surface area contributed by atoms with Crippen molar-refractivity contribution in [1.29, 1.82) is 0 Å². The van der Waals surface area contributed by atoms with Gasteiger partial charge in [-0.3, -0.25) is 0 Å². The van der Waals surface area contributed by atoms with Crippen molar-refractivity contribution in [3.8, 4) is 0 Å². The molecule has 2 heteroatoms. The van der Waals surface area contributed by atoms with E-state index >= 15 is 0 Å². The molecule has 2 N–H and O–H groups in total. The molecule has 2 fully saturated rings. The first kappa shape index (κ1) is 6.62. The molecule has 0 radical (unpaired) electrons. The van der Waals surface area contributed by atoms with E-state index in [2.05, 4.69) is 11.9 Å². The zero-order chi connectivity index (χ0) is 7.19. The molecule has 2 atom stereocenters. The minimum atomic E-state index is 0.203. The third-order valence-corrected chi connectivity index (χ3v) is 3.10. The van der Waals surface area contributed by atoms with Gasteiger partial charge in [-0.1, -0.05) is 6.42 Å². The maximum atomic E-state index is 6.21. The first-order valence-electron chi connectivity index (χ1n) is 4.18. The van der Waals surface area contributed by atoms with Gasteiger partial charge in [0.25, 0.3) is 0 Å². The Hall–Kier alpha value is -0.0800. The molecular formula is C8H16N2. The van der Waals surface area contributed by atoms with E-state index in [1.165, 1.54) is 25.8 Å². The van der Waals surface area contributed by atoms with Crippen LogP contribution >= 0.6 is 0 Å². The highest BCUT2D eigenvalue weighted by Gasteiger charge is 2.45. The quantitative estimate of drug-likeness (QED) is 0.528. The first-order chi connectivity index (χ1) is 4.71. The Bertz CT molecular complexity index is 146. The molecule has 1 aliphatic heterocycles. The van der Waals surface area contributed by atoms with Gasteiger partial charge in [0.05, 0.1) is 0 Å². The molecule has 2 rings (SSSR count). The fraction of sp³-hybridized carbons (Fsp3) is 1.00. The molecule has 10 heavy (non-hydrogen) atoms. The van der Waals surface area contributed by atoms with Gasteiger partial charge in [0.1, 0.15) is 0 Å². The van der Waals surface area contributed by atoms with Crippen LogP contribution in [0.2, 0.25) is 0 Å². The maximum absolute atomic E-state index is 6.21. The fourth-order valence-corrected chi connectivity index (χ4v) is 2.59. The summed E-state index contributed by atoms with van der Waals surface area (Å²) in [6.45, 7) is 2.36. The van der Waals surface area contributed by atoms with E-state index in [0.29, 0.717) is 0 Å². The zero-order valence-electron chi connectivity index (χ0n) is 6.64. The van der Waals surface area contributed by atoms with Crippen LogP contribution in [0.3, 0.4) is 0 Å². The van der Waals surface area contributed by atoms with Gasteiger partial charge >= 0.3 is 0 Å². The minimum absolute atomic E-state index is 0.203. The molecule has 2 nitrogen and oxygen atoms in total. The lowest BCUT2D eigenvalue weighted by molar-refractivity contribution is 0.361. The number of fused-ring (bicyclic) bond motifs is 1. The third kappa shape index (κ3) is 0.789. The Balaban J connectivity index is 2.15. The summed E-state index contributed by atoms with van der Waals surface area (Å²) in [6.07, 6.45) is 3.97. The van der Waals surface area contributed by atoms with Crippen LogP contribution < -0.4 is 5.73 Å². The number of likely N-dealkylation sites (tertiary alicyclic amines) is 1. The largest absolute Gasteiger partial charge is 0.324 e. The van der Waals surface area contributed by atoms with Gasteiger partial charge in [0.2, 0.25) is 0 Å². The highest BCUT2D eigenvalue weighted by molar-refractivity contribution is 5.03. The Morgan fingerprint density at radius 1 is 1.60 bits per heavy atom. The maximum Gasteiger partial charge on any atom is 0.0324 e. The molecule has 1 saturated carbocycles. The first-order valence-corrected chi connectivity index (χ1v) is 4.18. The molecule has 2 aliphatic rings. The number of hydrogen-bond acceptors (Lipinski definition) is 2. The number of nitrogens with zero attached hydrogens (tertiary/aromatic N) is 1. The normalized spacial score (nSPS) is 48.0. The summed E-state index contributed by atoms with van der Waals surface area (Å²) in [7, 11) is 2.17. The molecular weight excluding hydrogens is 124 g/mol. The SMILES string of the molecule is CN1C[C@@H]2CCC[C@]2(N)C1. The van der Waals surface area contributed by atoms with Crippen molar-refractivity contribution in [1.82, 2.24) is 4.90 Å². The lowest BCUT2D eigenvalue weighted by Gasteiger charge is -2.22. The van der Waals surface area contributed by atoms with Crippen LogP contribution in [0.1, 0.15) is 19.3 Å². The Kier molecular flexibility index (Phi) is 1.29. The number of hydrogen-bond donors (Lipinski definition) is 1. The predicted octanol–water partition coefficient (Wildman–Crippen LogP) is 0.429. The van der Waals surface area contributed by atoms with Crippen LogP contribution in [-0.4, -0.2) is 30.6 Å². The lowest BCUT2D eigenvalue weighted by Crippen LogP contribution is -2.43. The van der Waals surface area contributed by atoms with Gasteiger partial charge in [-0.25, -0.2) is 0 Å². The zero-order valence-corrected chi connectivity index (χ0v) is 6.64. The highest BCUT2D eigenvalue weighted by atomic mass is 15.2. The van der Waals surface area contributed by atoms with Gasteiger partial charge in [0.15, 0.2) is 0 Å². The van der Waals surface area contributed by atoms with E-state index in [-0.39, 0.29) is 5.54 Å². The molecule has 0 spiro atoms. The van der Waals surface area contributed by atoms with Gasteiger partial charge in [-0.15, -0.1) is 0 Å². The van der Waals surface area contributed by atoms with Crippen LogP contribution in [-0.2, 0) is 0 Å². The molecule has 1 aliphatic carbocycles. The van der Waals surface area contributed by atoms with Gasteiger partial charge in [-0.05, 0) is 25.8 Å². The second kappa shape index (κ2) is 1.95. The summed E-state index contributed by atoms with van der Waals surface area (Å²) in [5.41, 5.74) is 6.42. The van der Waals surface area contributed by atoms with Gasteiger partial charge in [-0.2, -0.15) is 0 Å². The summed E-state index contributed by atoms with van der Waals surface area (Å²) in [5.74, 6) is 0.803. The summed E-state index contributed by atoms with van der Waals surface area (Å²) >= 11 is 0. The standard InChI is InChI=1S/C8H16N2/c1-10-5-7-3-2-4-8(7,9)6-10/h7H,2-6,9H2,1H3/t7-,8-/m0/s1. The van der Waals surface area contributed by atoms with E-state index in [1.54, 1.807) is 0 Å². The molecule has 0 bridgehead atoms. The predicted molar refractivity (Wildman–Crippen MR) is 41.8 cm³/mol. The van der Waals surface area contributed by atoms with E-state index in [1.807, 2.05) is 0 Å². The summed E-state index contributed by atoms with van der Waals surface area (Å²) in [4.78, 5) is 2.36. The van der Waals surface area contributed by atoms with E-state index in [4.69, 9.17) is 5.73 Å². The van der Waals surface area contributed by atoms with Gasteiger partial charge < -0.3 is 10.6 Å². The Morgan fingerprint density at radius 3 is 3.10 bits per heavy atom. The smallest absolute Gasteiger partial charge is 0.0324 e. The van der Waals surface area contributed by atoms with Crippen molar-refractivity contribution in [2.45, 2.75) is 24.8 Å². The summed E-state index contributed by atoms with van der Waals surface area (Å²) in [6, 6.07) is 0. The van der Waals surface area contributed by atoms with Crippen molar-refractivity contribution in [3.05, 3.63) is 0 Å². The molecule has 0 unspecified atom stereocenters. The van der Waals surface area contributed by atoms with Crippen molar-refractivity contribution >= 4 is 0 Å². The van der Waals surface area contributed by atoms with Crippen molar-refractivity contribution in [3.63, 3.8) is 0 Å². The molecule has 0 aromatic carbocycles. The van der Waals surface area contributed by atoms with Crippen LogP contribution in [0.25, 0.3) is 0 Å². The average Bonchev–Trinajstić information content (AvgIpc) is 2.20. The van der Waals surface area contributed by atoms with Crippen LogP contribution in [0.4, 0.5) is 0 Å². The molecule has 58 valence electrons. The molecule has 0 aromatic rings. The van der Waals surface area contributed by atoms with Crippen LogP contribution in [0.15, 0.2) is 0 Å².